The summed E-state index contributed by atoms with van der Waals surface area (Å²) in [5.74, 6) is 0.508. The van der Waals surface area contributed by atoms with Crippen LogP contribution in [-0.4, -0.2) is 0 Å². The summed E-state index contributed by atoms with van der Waals surface area (Å²) in [5.41, 5.74) is 5.93. The van der Waals surface area contributed by atoms with E-state index in [0.717, 1.165) is 6.42 Å². The molecule has 2 radical (unpaired) electrons. The van der Waals surface area contributed by atoms with E-state index < -0.39 is 0 Å². The Morgan fingerprint density at radius 1 is 1.28 bits per heavy atom. The molecule has 0 amide bonds. The topological polar surface area (TPSA) is 0 Å². The summed E-state index contributed by atoms with van der Waals surface area (Å²) in [4.78, 5) is 0. The lowest BCUT2D eigenvalue weighted by Crippen LogP contribution is -1.97. The van der Waals surface area contributed by atoms with Crippen molar-refractivity contribution >= 4 is 0 Å². The van der Waals surface area contributed by atoms with Crippen LogP contribution in [0.4, 0.5) is 0 Å². The molecule has 0 N–H and O–H groups in total. The molecule has 18 heavy (non-hydrogen) atoms. The molecular formula is C18H24. The molecule has 1 aliphatic carbocycles. The Bertz CT molecular complexity index is 414. The first-order valence-corrected chi connectivity index (χ1v) is 7.13. The quantitative estimate of drug-likeness (QED) is 0.476. The van der Waals surface area contributed by atoms with Gasteiger partial charge in [-0.15, -0.1) is 6.58 Å². The van der Waals surface area contributed by atoms with Crippen LogP contribution in [0.25, 0.3) is 0 Å². The molecule has 1 aromatic rings. The summed E-state index contributed by atoms with van der Waals surface area (Å²) in [5, 5.41) is 0. The van der Waals surface area contributed by atoms with E-state index in [1.165, 1.54) is 54.4 Å². The zero-order chi connectivity index (χ0) is 13.0. The normalized spacial score (nSPS) is 17.8. The molecule has 0 aromatic heterocycles. The molecule has 96 valence electrons. The molecule has 0 bridgehead atoms. The third kappa shape index (κ3) is 2.85. The molecule has 0 spiro atoms. The fourth-order valence-corrected chi connectivity index (χ4v) is 2.97. The zero-order valence-electron chi connectivity index (χ0n) is 11.5. The van der Waals surface area contributed by atoms with Gasteiger partial charge in [-0.1, -0.05) is 24.6 Å². The van der Waals surface area contributed by atoms with E-state index in [-0.39, 0.29) is 0 Å². The van der Waals surface area contributed by atoms with Crippen LogP contribution in [0.5, 0.6) is 0 Å². The number of unbranched alkanes of at least 4 members (excludes halogenated alkanes) is 3. The number of benzene rings is 1. The number of rotatable bonds is 6. The Labute approximate surface area is 112 Å². The maximum atomic E-state index is 4.28. The molecule has 1 atom stereocenters. The van der Waals surface area contributed by atoms with Gasteiger partial charge in [0, 0.05) is 0 Å². The van der Waals surface area contributed by atoms with Gasteiger partial charge in [0.2, 0.25) is 0 Å². The largest absolute Gasteiger partial charge is 0.103 e. The van der Waals surface area contributed by atoms with Crippen molar-refractivity contribution in [1.29, 1.82) is 0 Å². The Balaban J connectivity index is 1.97. The van der Waals surface area contributed by atoms with Crippen molar-refractivity contribution in [3.63, 3.8) is 0 Å². The third-order valence-corrected chi connectivity index (χ3v) is 4.04. The SMILES string of the molecule is [CH2]C1CCc2ccc([CH]CCCCC=C)c(C)c21. The molecule has 1 unspecified atom stereocenters. The van der Waals surface area contributed by atoms with Crippen LogP contribution >= 0.6 is 0 Å². The standard InChI is InChI=1S/C18H24/c1-4-5-6-7-8-9-16-12-13-17-11-10-14(2)18(17)15(16)3/h4,9,12-14H,1-2,5-8,10-11H2,3H3. The van der Waals surface area contributed by atoms with Gasteiger partial charge >= 0.3 is 0 Å². The summed E-state index contributed by atoms with van der Waals surface area (Å²) in [6.07, 6.45) is 11.7. The maximum Gasteiger partial charge on any atom is -0.00903 e. The molecule has 1 aliphatic rings. The van der Waals surface area contributed by atoms with Gasteiger partial charge < -0.3 is 0 Å². The van der Waals surface area contributed by atoms with Gasteiger partial charge in [-0.25, -0.2) is 0 Å². The Morgan fingerprint density at radius 2 is 2.06 bits per heavy atom. The van der Waals surface area contributed by atoms with Crippen LogP contribution in [0.15, 0.2) is 24.8 Å². The highest BCUT2D eigenvalue weighted by Gasteiger charge is 2.21. The van der Waals surface area contributed by atoms with Crippen LogP contribution in [0.1, 0.15) is 60.3 Å². The van der Waals surface area contributed by atoms with E-state index >= 15 is 0 Å². The summed E-state index contributed by atoms with van der Waals surface area (Å²) in [6.45, 7) is 10.3. The molecule has 0 heteroatoms. The molecular weight excluding hydrogens is 216 g/mol. The number of fused-ring (bicyclic) bond motifs is 1. The monoisotopic (exact) mass is 240 g/mol. The summed E-state index contributed by atoms with van der Waals surface area (Å²) in [6, 6.07) is 4.60. The fraction of sp³-hybridized carbons (Fsp3) is 0.444. The van der Waals surface area contributed by atoms with E-state index in [1.807, 2.05) is 6.08 Å². The second-order valence-corrected chi connectivity index (χ2v) is 5.37. The molecule has 0 fully saturated rings. The minimum atomic E-state index is 0.508. The van der Waals surface area contributed by atoms with Crippen LogP contribution in [-0.2, 0) is 6.42 Å². The zero-order valence-corrected chi connectivity index (χ0v) is 11.5. The highest BCUT2D eigenvalue weighted by atomic mass is 14.3. The second kappa shape index (κ2) is 6.22. The van der Waals surface area contributed by atoms with Crippen molar-refractivity contribution in [2.45, 2.75) is 51.4 Å². The van der Waals surface area contributed by atoms with E-state index in [0.29, 0.717) is 5.92 Å². The predicted molar refractivity (Wildman–Crippen MR) is 79.7 cm³/mol. The van der Waals surface area contributed by atoms with E-state index in [9.17, 15) is 0 Å². The molecule has 1 aromatic carbocycles. The minimum Gasteiger partial charge on any atom is -0.103 e. The van der Waals surface area contributed by atoms with Gasteiger partial charge in [0.25, 0.3) is 0 Å². The van der Waals surface area contributed by atoms with Crippen molar-refractivity contribution < 1.29 is 0 Å². The second-order valence-electron chi connectivity index (χ2n) is 5.37. The Kier molecular flexibility index (Phi) is 4.63. The lowest BCUT2D eigenvalue weighted by atomic mass is 9.92. The molecule has 0 saturated carbocycles. The van der Waals surface area contributed by atoms with Crippen LogP contribution in [0.3, 0.4) is 0 Å². The van der Waals surface area contributed by atoms with Gasteiger partial charge in [0.15, 0.2) is 0 Å². The van der Waals surface area contributed by atoms with E-state index in [4.69, 9.17) is 0 Å². The first-order valence-electron chi connectivity index (χ1n) is 7.13. The summed E-state index contributed by atoms with van der Waals surface area (Å²) < 4.78 is 0. The fourth-order valence-electron chi connectivity index (χ4n) is 2.97. The highest BCUT2D eigenvalue weighted by molar-refractivity contribution is 5.48. The maximum absolute atomic E-state index is 4.28. The first-order chi connectivity index (χ1) is 8.74. The third-order valence-electron chi connectivity index (χ3n) is 4.04. The number of hydrogen-bond acceptors (Lipinski definition) is 0. The smallest absolute Gasteiger partial charge is 0.00903 e. The van der Waals surface area contributed by atoms with Crippen molar-refractivity contribution in [3.05, 3.63) is 60.4 Å². The summed E-state index contributed by atoms with van der Waals surface area (Å²) in [7, 11) is 0. The van der Waals surface area contributed by atoms with Crippen molar-refractivity contribution in [1.82, 2.24) is 0 Å². The average Bonchev–Trinajstić information content (AvgIpc) is 2.74. The van der Waals surface area contributed by atoms with Gasteiger partial charge in [-0.2, -0.15) is 0 Å². The molecule has 2 rings (SSSR count). The van der Waals surface area contributed by atoms with Crippen molar-refractivity contribution in [3.8, 4) is 0 Å². The van der Waals surface area contributed by atoms with E-state index in [2.05, 4.69) is 39.0 Å². The first kappa shape index (κ1) is 13.4. The Hall–Kier alpha value is -1.04. The van der Waals surface area contributed by atoms with Gasteiger partial charge in [-0.3, -0.25) is 0 Å². The molecule has 0 aliphatic heterocycles. The number of aryl methyl sites for hydroxylation is 1. The van der Waals surface area contributed by atoms with Crippen LogP contribution in [0, 0.1) is 20.3 Å². The number of hydrogen-bond donors (Lipinski definition) is 0. The average molecular weight is 240 g/mol. The van der Waals surface area contributed by atoms with Crippen molar-refractivity contribution in [2.75, 3.05) is 0 Å². The molecule has 0 saturated heterocycles. The lowest BCUT2D eigenvalue weighted by molar-refractivity contribution is 0.744. The number of allylic oxidation sites excluding steroid dienone is 1. The summed E-state index contributed by atoms with van der Waals surface area (Å²) >= 11 is 0. The minimum absolute atomic E-state index is 0.508. The van der Waals surface area contributed by atoms with E-state index in [1.54, 1.807) is 0 Å². The highest BCUT2D eigenvalue weighted by Crippen LogP contribution is 2.36. The van der Waals surface area contributed by atoms with Crippen molar-refractivity contribution in [2.24, 2.45) is 0 Å². The lowest BCUT2D eigenvalue weighted by Gasteiger charge is -2.13. The molecule has 0 nitrogen and oxygen atoms in total. The van der Waals surface area contributed by atoms with Crippen LogP contribution < -0.4 is 0 Å². The van der Waals surface area contributed by atoms with Gasteiger partial charge in [0.1, 0.15) is 0 Å². The van der Waals surface area contributed by atoms with Gasteiger partial charge in [0.05, 0.1) is 0 Å². The predicted octanol–water partition coefficient (Wildman–Crippen LogP) is 5.16. The van der Waals surface area contributed by atoms with Gasteiger partial charge in [-0.05, 0) is 80.5 Å². The Morgan fingerprint density at radius 3 is 2.83 bits per heavy atom. The molecule has 0 heterocycles. The van der Waals surface area contributed by atoms with Crippen LogP contribution in [0.2, 0.25) is 0 Å².